The molecule has 0 amide bonds. The van der Waals surface area contributed by atoms with E-state index in [1.165, 1.54) is 0 Å². The van der Waals surface area contributed by atoms with Crippen LogP contribution in [0.4, 0.5) is 0 Å². The molecule has 4 N–H and O–H groups in total. The first-order valence-corrected chi connectivity index (χ1v) is 3.55. The van der Waals surface area contributed by atoms with Crippen molar-refractivity contribution in [2.75, 3.05) is 13.2 Å². The first-order valence-electron chi connectivity index (χ1n) is 3.55. The van der Waals surface area contributed by atoms with E-state index in [2.05, 4.69) is 9.68 Å². The smallest absolute Gasteiger partial charge is 0.0679 e. The highest BCUT2D eigenvalue weighted by atomic mass is 16.6. The second-order valence-corrected chi connectivity index (χ2v) is 2.16. The van der Waals surface area contributed by atoms with Crippen molar-refractivity contribution >= 4 is 0 Å². The number of nitrogens with two attached hydrogens (primary N) is 2. The van der Waals surface area contributed by atoms with Gasteiger partial charge in [0.2, 0.25) is 0 Å². The van der Waals surface area contributed by atoms with Crippen molar-refractivity contribution in [3.63, 3.8) is 0 Å². The molecule has 62 valence electrons. The van der Waals surface area contributed by atoms with Crippen LogP contribution in [0.5, 0.6) is 0 Å². The molecule has 0 atom stereocenters. The third-order valence-corrected chi connectivity index (χ3v) is 1.27. The van der Waals surface area contributed by atoms with Crippen LogP contribution in [0.15, 0.2) is 0 Å². The fourth-order valence-electron chi connectivity index (χ4n) is 0.724. The third-order valence-electron chi connectivity index (χ3n) is 1.27. The standard InChI is InChI=1S/C6H16N2O2/c7-9-5-3-1-2-4-6-10-8/h1-8H2. The summed E-state index contributed by atoms with van der Waals surface area (Å²) in [4.78, 5) is 8.78. The van der Waals surface area contributed by atoms with Crippen LogP contribution in [0.2, 0.25) is 0 Å². The SMILES string of the molecule is NOCCCCCCON. The average Bonchev–Trinajstić information content (AvgIpc) is 1.97. The van der Waals surface area contributed by atoms with Crippen LogP contribution in [-0.4, -0.2) is 13.2 Å². The Labute approximate surface area is 61.4 Å². The van der Waals surface area contributed by atoms with E-state index in [-0.39, 0.29) is 0 Å². The first kappa shape index (κ1) is 9.84. The molecule has 0 aliphatic heterocycles. The van der Waals surface area contributed by atoms with E-state index in [1.807, 2.05) is 0 Å². The lowest BCUT2D eigenvalue weighted by molar-refractivity contribution is 0.124. The van der Waals surface area contributed by atoms with Gasteiger partial charge < -0.3 is 9.68 Å². The largest absolute Gasteiger partial charge is 0.305 e. The normalized spacial score (nSPS) is 10.2. The molecule has 4 nitrogen and oxygen atoms in total. The van der Waals surface area contributed by atoms with Gasteiger partial charge in [0.05, 0.1) is 13.2 Å². The molecule has 0 saturated heterocycles. The zero-order valence-corrected chi connectivity index (χ0v) is 6.21. The van der Waals surface area contributed by atoms with E-state index < -0.39 is 0 Å². The Morgan fingerprint density at radius 1 is 0.700 bits per heavy atom. The second-order valence-electron chi connectivity index (χ2n) is 2.16. The molecule has 0 aromatic rings. The zero-order valence-electron chi connectivity index (χ0n) is 6.21. The Hall–Kier alpha value is -0.160. The fraction of sp³-hybridized carbons (Fsp3) is 1.00. The van der Waals surface area contributed by atoms with Gasteiger partial charge in [-0.25, -0.2) is 11.8 Å². The Balaban J connectivity index is 2.65. The van der Waals surface area contributed by atoms with Crippen LogP contribution in [0.1, 0.15) is 25.7 Å². The number of hydrogen-bond donors (Lipinski definition) is 2. The highest BCUT2D eigenvalue weighted by Gasteiger charge is 1.88. The molecule has 0 spiro atoms. The number of rotatable bonds is 7. The van der Waals surface area contributed by atoms with E-state index in [4.69, 9.17) is 11.8 Å². The van der Waals surface area contributed by atoms with Crippen LogP contribution in [0, 0.1) is 0 Å². The van der Waals surface area contributed by atoms with Crippen LogP contribution in [0.25, 0.3) is 0 Å². The van der Waals surface area contributed by atoms with Crippen molar-refractivity contribution in [3.8, 4) is 0 Å². The summed E-state index contributed by atoms with van der Waals surface area (Å²) < 4.78 is 0. The molecule has 0 aromatic carbocycles. The van der Waals surface area contributed by atoms with Gasteiger partial charge in [-0.1, -0.05) is 12.8 Å². The van der Waals surface area contributed by atoms with Crippen molar-refractivity contribution in [1.82, 2.24) is 0 Å². The maximum atomic E-state index is 4.82. The monoisotopic (exact) mass is 148 g/mol. The Bertz CT molecular complexity index is 53.7. The van der Waals surface area contributed by atoms with Crippen molar-refractivity contribution in [2.45, 2.75) is 25.7 Å². The highest BCUT2D eigenvalue weighted by molar-refractivity contribution is 4.40. The molecule has 4 heteroatoms. The van der Waals surface area contributed by atoms with Gasteiger partial charge in [-0.2, -0.15) is 0 Å². The van der Waals surface area contributed by atoms with Crippen molar-refractivity contribution in [1.29, 1.82) is 0 Å². The van der Waals surface area contributed by atoms with Gasteiger partial charge in [-0.15, -0.1) is 0 Å². The quantitative estimate of drug-likeness (QED) is 0.403. The molecule has 0 aromatic heterocycles. The van der Waals surface area contributed by atoms with Crippen LogP contribution >= 0.6 is 0 Å². The molecule has 0 fully saturated rings. The summed E-state index contributed by atoms with van der Waals surface area (Å²) >= 11 is 0. The van der Waals surface area contributed by atoms with Gasteiger partial charge in [-0.05, 0) is 12.8 Å². The predicted molar refractivity (Wildman–Crippen MR) is 38.7 cm³/mol. The minimum Gasteiger partial charge on any atom is -0.305 e. The minimum absolute atomic E-state index is 0.642. The summed E-state index contributed by atoms with van der Waals surface area (Å²) in [5.41, 5.74) is 0. The molecular weight excluding hydrogens is 132 g/mol. The Morgan fingerprint density at radius 3 is 1.40 bits per heavy atom. The van der Waals surface area contributed by atoms with Crippen LogP contribution in [0.3, 0.4) is 0 Å². The molecule has 0 heterocycles. The molecule has 10 heavy (non-hydrogen) atoms. The summed E-state index contributed by atoms with van der Waals surface area (Å²) in [6.45, 7) is 1.28. The predicted octanol–water partition coefficient (Wildman–Crippen LogP) is 0.327. The second kappa shape index (κ2) is 8.84. The molecule has 0 unspecified atom stereocenters. The van der Waals surface area contributed by atoms with Gasteiger partial charge in [-0.3, -0.25) is 0 Å². The van der Waals surface area contributed by atoms with Crippen molar-refractivity contribution in [2.24, 2.45) is 11.8 Å². The minimum atomic E-state index is 0.642. The Morgan fingerprint density at radius 2 is 1.10 bits per heavy atom. The Kier molecular flexibility index (Phi) is 8.70. The lowest BCUT2D eigenvalue weighted by Crippen LogP contribution is -2.02. The lowest BCUT2D eigenvalue weighted by Gasteiger charge is -1.98. The van der Waals surface area contributed by atoms with Crippen molar-refractivity contribution in [3.05, 3.63) is 0 Å². The molecular formula is C6H16N2O2. The molecule has 0 radical (unpaired) electrons. The number of hydrogen-bond acceptors (Lipinski definition) is 4. The van der Waals surface area contributed by atoms with Gasteiger partial charge in [0.15, 0.2) is 0 Å². The zero-order chi connectivity index (χ0) is 7.66. The highest BCUT2D eigenvalue weighted by Crippen LogP contribution is 1.98. The van der Waals surface area contributed by atoms with Gasteiger partial charge in [0.1, 0.15) is 0 Å². The molecule has 0 aliphatic carbocycles. The van der Waals surface area contributed by atoms with E-state index in [9.17, 15) is 0 Å². The summed E-state index contributed by atoms with van der Waals surface area (Å²) in [5.74, 6) is 9.65. The fourth-order valence-corrected chi connectivity index (χ4v) is 0.724. The summed E-state index contributed by atoms with van der Waals surface area (Å²) in [6.07, 6.45) is 4.28. The topological polar surface area (TPSA) is 70.5 Å². The lowest BCUT2D eigenvalue weighted by atomic mass is 10.2. The summed E-state index contributed by atoms with van der Waals surface area (Å²) in [5, 5.41) is 0. The molecule has 0 aliphatic rings. The molecule has 0 saturated carbocycles. The maximum Gasteiger partial charge on any atom is 0.0679 e. The molecule has 0 rings (SSSR count). The van der Waals surface area contributed by atoms with E-state index in [0.29, 0.717) is 13.2 Å². The van der Waals surface area contributed by atoms with Crippen LogP contribution < -0.4 is 11.8 Å². The maximum absolute atomic E-state index is 4.82. The van der Waals surface area contributed by atoms with E-state index >= 15 is 0 Å². The van der Waals surface area contributed by atoms with Gasteiger partial charge >= 0.3 is 0 Å². The van der Waals surface area contributed by atoms with Crippen LogP contribution in [-0.2, 0) is 9.68 Å². The average molecular weight is 148 g/mol. The third kappa shape index (κ3) is 7.84. The van der Waals surface area contributed by atoms with E-state index in [0.717, 1.165) is 25.7 Å². The first-order chi connectivity index (χ1) is 4.91. The molecule has 0 bridgehead atoms. The van der Waals surface area contributed by atoms with Gasteiger partial charge in [0.25, 0.3) is 0 Å². The summed E-state index contributed by atoms with van der Waals surface area (Å²) in [7, 11) is 0. The van der Waals surface area contributed by atoms with Crippen molar-refractivity contribution < 1.29 is 9.68 Å². The van der Waals surface area contributed by atoms with E-state index in [1.54, 1.807) is 0 Å². The number of unbranched alkanes of at least 4 members (excludes halogenated alkanes) is 3. The summed E-state index contributed by atoms with van der Waals surface area (Å²) in [6, 6.07) is 0. The van der Waals surface area contributed by atoms with Gasteiger partial charge in [0, 0.05) is 0 Å².